The van der Waals surface area contributed by atoms with E-state index in [-0.39, 0.29) is 5.41 Å². The molecule has 2 aliphatic rings. The zero-order valence-electron chi connectivity index (χ0n) is 8.55. The van der Waals surface area contributed by atoms with Crippen LogP contribution < -0.4 is 0 Å². The minimum Gasteiger partial charge on any atom is -0.345 e. The van der Waals surface area contributed by atoms with Crippen LogP contribution in [-0.4, -0.2) is 49.4 Å². The topological polar surface area (TPSA) is 23.6 Å². The molecule has 0 radical (unpaired) electrons. The smallest absolute Gasteiger partial charge is 0.229 e. The summed E-state index contributed by atoms with van der Waals surface area (Å²) in [6, 6.07) is 0. The SMILES string of the molecule is CN1CCC[C@@]2(CCN(C)C2=O)C1. The molecule has 0 aromatic carbocycles. The van der Waals surface area contributed by atoms with Gasteiger partial charge in [0.15, 0.2) is 0 Å². The van der Waals surface area contributed by atoms with Gasteiger partial charge in [-0.2, -0.15) is 0 Å². The summed E-state index contributed by atoms with van der Waals surface area (Å²) in [5.74, 6) is 0.374. The largest absolute Gasteiger partial charge is 0.345 e. The molecule has 1 spiro atoms. The van der Waals surface area contributed by atoms with Gasteiger partial charge in [0.1, 0.15) is 0 Å². The first-order valence-electron chi connectivity index (χ1n) is 5.08. The fourth-order valence-electron chi connectivity index (χ4n) is 2.74. The second-order valence-electron chi connectivity index (χ2n) is 4.60. The number of piperidine rings is 1. The van der Waals surface area contributed by atoms with Gasteiger partial charge in [-0.25, -0.2) is 0 Å². The number of amides is 1. The number of carbonyl (C=O) groups excluding carboxylic acids is 1. The van der Waals surface area contributed by atoms with Crippen LogP contribution in [0, 0.1) is 5.41 Å². The van der Waals surface area contributed by atoms with Crippen molar-refractivity contribution in [2.45, 2.75) is 19.3 Å². The van der Waals surface area contributed by atoms with E-state index in [4.69, 9.17) is 0 Å². The summed E-state index contributed by atoms with van der Waals surface area (Å²) in [6.07, 6.45) is 3.34. The van der Waals surface area contributed by atoms with E-state index in [0.717, 1.165) is 32.5 Å². The lowest BCUT2D eigenvalue weighted by Crippen LogP contribution is -2.45. The van der Waals surface area contributed by atoms with Crippen LogP contribution in [0.3, 0.4) is 0 Å². The molecular weight excluding hydrogens is 164 g/mol. The number of rotatable bonds is 0. The summed E-state index contributed by atoms with van der Waals surface area (Å²) in [4.78, 5) is 16.1. The molecule has 0 bridgehead atoms. The number of hydrogen-bond acceptors (Lipinski definition) is 2. The minimum absolute atomic E-state index is 0.0122. The Balaban J connectivity index is 2.15. The van der Waals surface area contributed by atoms with Gasteiger partial charge in [-0.1, -0.05) is 0 Å². The number of carbonyl (C=O) groups is 1. The van der Waals surface area contributed by atoms with Crippen molar-refractivity contribution in [3.63, 3.8) is 0 Å². The fourth-order valence-corrected chi connectivity index (χ4v) is 2.74. The Morgan fingerprint density at radius 2 is 2.00 bits per heavy atom. The lowest BCUT2D eigenvalue weighted by Gasteiger charge is -2.36. The highest BCUT2D eigenvalue weighted by Gasteiger charge is 2.46. The molecule has 2 heterocycles. The average Bonchev–Trinajstić information content (AvgIpc) is 2.35. The normalized spacial score (nSPS) is 36.2. The molecule has 3 heteroatoms. The van der Waals surface area contributed by atoms with Crippen LogP contribution in [0.2, 0.25) is 0 Å². The Morgan fingerprint density at radius 3 is 2.54 bits per heavy atom. The zero-order chi connectivity index (χ0) is 9.47. The maximum absolute atomic E-state index is 11.9. The maximum Gasteiger partial charge on any atom is 0.229 e. The third-order valence-corrected chi connectivity index (χ3v) is 3.49. The standard InChI is InChI=1S/C10H18N2O/c1-11-6-3-4-10(8-11)5-7-12(2)9(10)13/h3-8H2,1-2H3/t10-/m1/s1. The minimum atomic E-state index is -0.0122. The summed E-state index contributed by atoms with van der Waals surface area (Å²) in [7, 11) is 4.04. The molecule has 3 nitrogen and oxygen atoms in total. The van der Waals surface area contributed by atoms with Crippen LogP contribution in [0.4, 0.5) is 0 Å². The Morgan fingerprint density at radius 1 is 1.23 bits per heavy atom. The Bertz CT molecular complexity index is 225. The first kappa shape index (κ1) is 9.00. The first-order chi connectivity index (χ1) is 6.14. The third-order valence-electron chi connectivity index (χ3n) is 3.49. The lowest BCUT2D eigenvalue weighted by atomic mass is 9.79. The van der Waals surface area contributed by atoms with Gasteiger partial charge in [0.25, 0.3) is 0 Å². The van der Waals surface area contributed by atoms with Gasteiger partial charge in [-0.3, -0.25) is 4.79 Å². The van der Waals surface area contributed by atoms with E-state index in [1.807, 2.05) is 11.9 Å². The highest BCUT2D eigenvalue weighted by Crippen LogP contribution is 2.38. The van der Waals surface area contributed by atoms with Gasteiger partial charge < -0.3 is 9.80 Å². The van der Waals surface area contributed by atoms with Crippen LogP contribution in [0.25, 0.3) is 0 Å². The Labute approximate surface area is 79.7 Å². The van der Waals surface area contributed by atoms with Gasteiger partial charge in [-0.05, 0) is 32.9 Å². The van der Waals surface area contributed by atoms with Crippen LogP contribution in [0.15, 0.2) is 0 Å². The van der Waals surface area contributed by atoms with E-state index in [2.05, 4.69) is 11.9 Å². The second-order valence-corrected chi connectivity index (χ2v) is 4.60. The van der Waals surface area contributed by atoms with Crippen molar-refractivity contribution in [2.24, 2.45) is 5.41 Å². The third kappa shape index (κ3) is 1.35. The van der Waals surface area contributed by atoms with Crippen molar-refractivity contribution in [1.29, 1.82) is 0 Å². The molecule has 74 valence electrons. The molecular formula is C10H18N2O. The molecule has 13 heavy (non-hydrogen) atoms. The van der Waals surface area contributed by atoms with E-state index in [0.29, 0.717) is 5.91 Å². The molecule has 0 aromatic rings. The average molecular weight is 182 g/mol. The fraction of sp³-hybridized carbons (Fsp3) is 0.900. The number of hydrogen-bond donors (Lipinski definition) is 0. The van der Waals surface area contributed by atoms with Gasteiger partial charge in [0, 0.05) is 20.1 Å². The second kappa shape index (κ2) is 2.98. The molecule has 0 unspecified atom stereocenters. The van der Waals surface area contributed by atoms with E-state index in [1.165, 1.54) is 6.42 Å². The summed E-state index contributed by atoms with van der Waals surface area (Å²) in [5, 5.41) is 0. The number of likely N-dealkylation sites (tertiary alicyclic amines) is 2. The van der Waals surface area contributed by atoms with Crippen LogP contribution in [-0.2, 0) is 4.79 Å². The Hall–Kier alpha value is -0.570. The van der Waals surface area contributed by atoms with E-state index < -0.39 is 0 Å². The predicted octanol–water partition coefficient (Wildman–Crippen LogP) is 0.560. The lowest BCUT2D eigenvalue weighted by molar-refractivity contribution is -0.137. The molecule has 2 fully saturated rings. The summed E-state index contributed by atoms with van der Waals surface area (Å²) < 4.78 is 0. The first-order valence-corrected chi connectivity index (χ1v) is 5.08. The quantitative estimate of drug-likeness (QED) is 0.546. The van der Waals surface area contributed by atoms with Crippen molar-refractivity contribution in [2.75, 3.05) is 33.7 Å². The molecule has 2 rings (SSSR count). The maximum atomic E-state index is 11.9. The van der Waals surface area contributed by atoms with Gasteiger partial charge in [-0.15, -0.1) is 0 Å². The van der Waals surface area contributed by atoms with Gasteiger partial charge in [0.05, 0.1) is 5.41 Å². The van der Waals surface area contributed by atoms with Crippen LogP contribution in [0.5, 0.6) is 0 Å². The van der Waals surface area contributed by atoms with E-state index in [1.54, 1.807) is 0 Å². The monoisotopic (exact) mass is 182 g/mol. The summed E-state index contributed by atoms with van der Waals surface area (Å²) >= 11 is 0. The van der Waals surface area contributed by atoms with Crippen molar-refractivity contribution >= 4 is 5.91 Å². The molecule has 1 amide bonds. The highest BCUT2D eigenvalue weighted by molar-refractivity contribution is 5.85. The number of nitrogens with zero attached hydrogens (tertiary/aromatic N) is 2. The highest BCUT2D eigenvalue weighted by atomic mass is 16.2. The molecule has 0 N–H and O–H groups in total. The molecule has 0 saturated carbocycles. The van der Waals surface area contributed by atoms with Crippen molar-refractivity contribution in [3.8, 4) is 0 Å². The molecule has 0 aliphatic carbocycles. The zero-order valence-corrected chi connectivity index (χ0v) is 8.55. The van der Waals surface area contributed by atoms with Crippen molar-refractivity contribution < 1.29 is 4.79 Å². The molecule has 2 aliphatic heterocycles. The summed E-state index contributed by atoms with van der Waals surface area (Å²) in [6.45, 7) is 3.07. The van der Waals surface area contributed by atoms with Gasteiger partial charge >= 0.3 is 0 Å². The molecule has 1 atom stereocenters. The molecule has 2 saturated heterocycles. The van der Waals surface area contributed by atoms with E-state index >= 15 is 0 Å². The van der Waals surface area contributed by atoms with Crippen LogP contribution in [0.1, 0.15) is 19.3 Å². The van der Waals surface area contributed by atoms with E-state index in [9.17, 15) is 4.79 Å². The van der Waals surface area contributed by atoms with Crippen molar-refractivity contribution in [1.82, 2.24) is 9.80 Å². The van der Waals surface area contributed by atoms with Crippen molar-refractivity contribution in [3.05, 3.63) is 0 Å². The van der Waals surface area contributed by atoms with Gasteiger partial charge in [0.2, 0.25) is 5.91 Å². The predicted molar refractivity (Wildman–Crippen MR) is 51.4 cm³/mol. The van der Waals surface area contributed by atoms with Crippen LogP contribution >= 0.6 is 0 Å². The summed E-state index contributed by atoms with van der Waals surface area (Å²) in [5.41, 5.74) is -0.0122. The molecule has 0 aromatic heterocycles. The Kier molecular flexibility index (Phi) is 2.06.